The maximum atomic E-state index is 10.4. The van der Waals surface area contributed by atoms with Crippen molar-refractivity contribution in [2.75, 3.05) is 13.7 Å². The number of amides is 2. The van der Waals surface area contributed by atoms with Crippen molar-refractivity contribution in [1.82, 2.24) is 10.8 Å². The molecular formula is C6H12N2O2. The molecule has 0 bridgehead atoms. The molecule has 2 N–H and O–H groups in total. The third kappa shape index (κ3) is 5.11. The third-order valence-electron chi connectivity index (χ3n) is 0.710. The van der Waals surface area contributed by atoms with Gasteiger partial charge < -0.3 is 5.32 Å². The number of hydrogen-bond donors (Lipinski definition) is 2. The largest absolute Gasteiger partial charge is 0.339 e. The van der Waals surface area contributed by atoms with E-state index in [-0.39, 0.29) is 6.03 Å². The Bertz CT molecular complexity index is 134. The van der Waals surface area contributed by atoms with Gasteiger partial charge in [0.05, 0.1) is 6.61 Å². The van der Waals surface area contributed by atoms with Gasteiger partial charge in [-0.3, -0.25) is 4.84 Å². The van der Waals surface area contributed by atoms with Gasteiger partial charge in [0.1, 0.15) is 0 Å². The average molecular weight is 144 g/mol. The molecule has 0 aromatic heterocycles. The zero-order chi connectivity index (χ0) is 7.98. The normalized spacial score (nSPS) is 8.60. The van der Waals surface area contributed by atoms with Gasteiger partial charge in [0.25, 0.3) is 0 Å². The zero-order valence-corrected chi connectivity index (χ0v) is 6.23. The zero-order valence-electron chi connectivity index (χ0n) is 6.23. The fourth-order valence-electron chi connectivity index (χ4n) is 0.276. The molecule has 0 aromatic carbocycles. The summed E-state index contributed by atoms with van der Waals surface area (Å²) in [5.41, 5.74) is 3.01. The molecule has 2 amide bonds. The van der Waals surface area contributed by atoms with Crippen LogP contribution in [0.2, 0.25) is 0 Å². The molecule has 58 valence electrons. The molecule has 0 aliphatic heterocycles. The van der Waals surface area contributed by atoms with Gasteiger partial charge >= 0.3 is 6.03 Å². The summed E-state index contributed by atoms with van der Waals surface area (Å²) in [6.07, 6.45) is 0. The van der Waals surface area contributed by atoms with E-state index in [1.807, 2.05) is 6.92 Å². The van der Waals surface area contributed by atoms with Crippen molar-refractivity contribution in [2.45, 2.75) is 6.92 Å². The van der Waals surface area contributed by atoms with Crippen molar-refractivity contribution in [1.29, 1.82) is 0 Å². The van der Waals surface area contributed by atoms with Crippen LogP contribution in [0.25, 0.3) is 0 Å². The van der Waals surface area contributed by atoms with E-state index in [0.717, 1.165) is 5.57 Å². The Morgan fingerprint density at radius 2 is 2.30 bits per heavy atom. The number of carbonyl (C=O) groups excluding carboxylic acids is 1. The summed E-state index contributed by atoms with van der Waals surface area (Å²) in [6, 6.07) is -0.360. The summed E-state index contributed by atoms with van der Waals surface area (Å²) in [7, 11) is 1.51. The summed E-state index contributed by atoms with van der Waals surface area (Å²) in [6.45, 7) is 5.73. The third-order valence-corrected chi connectivity index (χ3v) is 0.710. The number of carbonyl (C=O) groups is 1. The molecule has 0 heterocycles. The fraction of sp³-hybridized carbons (Fsp3) is 0.500. The maximum Gasteiger partial charge on any atom is 0.338 e. The highest BCUT2D eigenvalue weighted by Gasteiger charge is 1.92. The molecule has 0 atom stereocenters. The molecule has 10 heavy (non-hydrogen) atoms. The first-order valence-corrected chi connectivity index (χ1v) is 2.90. The second-order valence-corrected chi connectivity index (χ2v) is 1.93. The highest BCUT2D eigenvalue weighted by Crippen LogP contribution is 1.83. The second-order valence-electron chi connectivity index (χ2n) is 1.93. The topological polar surface area (TPSA) is 50.4 Å². The highest BCUT2D eigenvalue weighted by molar-refractivity contribution is 5.72. The van der Waals surface area contributed by atoms with E-state index in [1.165, 1.54) is 7.05 Å². The molecule has 0 fully saturated rings. The van der Waals surface area contributed by atoms with Crippen LogP contribution in [0.15, 0.2) is 12.2 Å². The predicted molar refractivity (Wildman–Crippen MR) is 38.4 cm³/mol. The first-order chi connectivity index (χ1) is 4.66. The molecular weight excluding hydrogens is 132 g/mol. The number of urea groups is 1. The Morgan fingerprint density at radius 3 is 2.70 bits per heavy atom. The lowest BCUT2D eigenvalue weighted by molar-refractivity contribution is 0.0781. The quantitative estimate of drug-likeness (QED) is 0.445. The molecule has 0 aromatic rings. The molecule has 0 aliphatic rings. The van der Waals surface area contributed by atoms with Gasteiger partial charge in [0.2, 0.25) is 0 Å². The summed E-state index contributed by atoms with van der Waals surface area (Å²) in [5.74, 6) is 0. The number of hydrogen-bond acceptors (Lipinski definition) is 2. The molecule has 0 unspecified atom stereocenters. The van der Waals surface area contributed by atoms with Crippen molar-refractivity contribution in [3.05, 3.63) is 12.2 Å². The van der Waals surface area contributed by atoms with Gasteiger partial charge in [-0.1, -0.05) is 12.2 Å². The monoisotopic (exact) mass is 144 g/mol. The van der Waals surface area contributed by atoms with Crippen LogP contribution < -0.4 is 10.8 Å². The van der Waals surface area contributed by atoms with Crippen molar-refractivity contribution >= 4 is 6.03 Å². The smallest absolute Gasteiger partial charge is 0.338 e. The van der Waals surface area contributed by atoms with Gasteiger partial charge in [-0.15, -0.1) is 0 Å². The van der Waals surface area contributed by atoms with E-state index in [1.54, 1.807) is 0 Å². The Labute approximate surface area is 60.2 Å². The molecule has 0 spiro atoms. The van der Waals surface area contributed by atoms with Crippen LogP contribution in [0.3, 0.4) is 0 Å². The van der Waals surface area contributed by atoms with Gasteiger partial charge in [-0.25, -0.2) is 10.3 Å². The van der Waals surface area contributed by atoms with E-state index in [2.05, 4.69) is 22.2 Å². The minimum absolute atomic E-state index is 0.341. The van der Waals surface area contributed by atoms with Crippen molar-refractivity contribution in [3.63, 3.8) is 0 Å². The van der Waals surface area contributed by atoms with Crippen LogP contribution >= 0.6 is 0 Å². The lowest BCUT2D eigenvalue weighted by atomic mass is 10.4. The lowest BCUT2D eigenvalue weighted by Crippen LogP contribution is -2.33. The van der Waals surface area contributed by atoms with E-state index in [4.69, 9.17) is 0 Å². The Morgan fingerprint density at radius 1 is 1.70 bits per heavy atom. The minimum Gasteiger partial charge on any atom is -0.339 e. The summed E-state index contributed by atoms with van der Waals surface area (Å²) in [4.78, 5) is 15.1. The average Bonchev–Trinajstić information content (AvgIpc) is 1.87. The van der Waals surface area contributed by atoms with Crippen LogP contribution in [-0.4, -0.2) is 19.7 Å². The number of rotatable bonds is 3. The van der Waals surface area contributed by atoms with Crippen molar-refractivity contribution < 1.29 is 9.63 Å². The van der Waals surface area contributed by atoms with Crippen LogP contribution in [0.1, 0.15) is 6.92 Å². The molecule has 0 radical (unpaired) electrons. The summed E-state index contributed by atoms with van der Waals surface area (Å²) < 4.78 is 0. The maximum absolute atomic E-state index is 10.4. The first-order valence-electron chi connectivity index (χ1n) is 2.90. The molecule has 4 nitrogen and oxygen atoms in total. The van der Waals surface area contributed by atoms with Crippen LogP contribution in [0, 0.1) is 0 Å². The van der Waals surface area contributed by atoms with Crippen LogP contribution in [0.4, 0.5) is 4.79 Å². The number of hydroxylamine groups is 1. The predicted octanol–water partition coefficient (Wildman–Crippen LogP) is 0.423. The molecule has 0 saturated heterocycles. The van der Waals surface area contributed by atoms with Gasteiger partial charge in [-0.05, 0) is 6.92 Å². The van der Waals surface area contributed by atoms with E-state index in [9.17, 15) is 4.79 Å². The van der Waals surface area contributed by atoms with E-state index >= 15 is 0 Å². The van der Waals surface area contributed by atoms with Crippen LogP contribution in [0.5, 0.6) is 0 Å². The Balaban J connectivity index is 3.20. The minimum atomic E-state index is -0.360. The highest BCUT2D eigenvalue weighted by atomic mass is 16.7. The van der Waals surface area contributed by atoms with E-state index < -0.39 is 0 Å². The number of nitrogens with one attached hydrogen (secondary N) is 2. The van der Waals surface area contributed by atoms with Crippen LogP contribution in [-0.2, 0) is 4.84 Å². The molecule has 4 heteroatoms. The SMILES string of the molecule is C=C(C)CONC(=O)NC. The Kier molecular flexibility index (Phi) is 4.32. The standard InChI is InChI=1S/C6H12N2O2/c1-5(2)4-10-8-6(9)7-3/h1,4H2,2-3H3,(H2,7,8,9). The van der Waals surface area contributed by atoms with E-state index in [0.29, 0.717) is 6.61 Å². The fourth-order valence-corrected chi connectivity index (χ4v) is 0.276. The Hall–Kier alpha value is -1.03. The van der Waals surface area contributed by atoms with Crippen molar-refractivity contribution in [3.8, 4) is 0 Å². The second kappa shape index (κ2) is 4.81. The van der Waals surface area contributed by atoms with Crippen molar-refractivity contribution in [2.24, 2.45) is 0 Å². The molecule has 0 aliphatic carbocycles. The molecule has 0 saturated carbocycles. The first kappa shape index (κ1) is 8.97. The van der Waals surface area contributed by atoms with Gasteiger partial charge in [0, 0.05) is 7.05 Å². The summed E-state index contributed by atoms with van der Waals surface area (Å²) in [5, 5.41) is 2.33. The summed E-state index contributed by atoms with van der Waals surface area (Å²) >= 11 is 0. The van der Waals surface area contributed by atoms with Gasteiger partial charge in [-0.2, -0.15) is 0 Å². The lowest BCUT2D eigenvalue weighted by Gasteiger charge is -2.03. The molecule has 0 rings (SSSR count). The van der Waals surface area contributed by atoms with Gasteiger partial charge in [0.15, 0.2) is 0 Å².